The minimum Gasteiger partial charge on any atom is -0.310 e. The molecule has 8 aromatic carbocycles. The van der Waals surface area contributed by atoms with E-state index in [0.717, 1.165) is 22.7 Å². The van der Waals surface area contributed by atoms with E-state index >= 15 is 0 Å². The highest BCUT2D eigenvalue weighted by Crippen LogP contribution is 2.45. The van der Waals surface area contributed by atoms with Gasteiger partial charge in [-0.2, -0.15) is 0 Å². The van der Waals surface area contributed by atoms with Crippen LogP contribution in [0.2, 0.25) is 0 Å². The molecule has 0 aliphatic heterocycles. The van der Waals surface area contributed by atoms with Crippen LogP contribution in [0.15, 0.2) is 182 Å². The fourth-order valence-electron chi connectivity index (χ4n) is 7.54. The Morgan fingerprint density at radius 3 is 1.94 bits per heavy atom. The average Bonchev–Trinajstić information content (AvgIpc) is 3.72. The van der Waals surface area contributed by atoms with Gasteiger partial charge in [-0.3, -0.25) is 0 Å². The maximum absolute atomic E-state index is 2.44. The summed E-state index contributed by atoms with van der Waals surface area (Å²) >= 11 is 1.89. The lowest BCUT2D eigenvalue weighted by Crippen LogP contribution is -2.11. The molecule has 49 heavy (non-hydrogen) atoms. The molecule has 2 nitrogen and oxygen atoms in total. The summed E-state index contributed by atoms with van der Waals surface area (Å²) in [6.07, 6.45) is 0. The van der Waals surface area contributed by atoms with Crippen LogP contribution in [0.4, 0.5) is 17.1 Å². The molecule has 0 amide bonds. The number of anilines is 3. The zero-order valence-electron chi connectivity index (χ0n) is 26.6. The lowest BCUT2D eigenvalue weighted by atomic mass is 10.0. The van der Waals surface area contributed by atoms with Gasteiger partial charge in [-0.15, -0.1) is 11.3 Å². The van der Waals surface area contributed by atoms with Gasteiger partial charge in [0.2, 0.25) is 0 Å². The first-order valence-corrected chi connectivity index (χ1v) is 17.5. The van der Waals surface area contributed by atoms with E-state index in [1.54, 1.807) is 0 Å². The number of hydrogen-bond donors (Lipinski definition) is 0. The van der Waals surface area contributed by atoms with Gasteiger partial charge in [0.15, 0.2) is 0 Å². The minimum absolute atomic E-state index is 1.11. The summed E-state index contributed by atoms with van der Waals surface area (Å²) in [6.45, 7) is 0. The fraction of sp³-hybridized carbons (Fsp3) is 0. The van der Waals surface area contributed by atoms with Crippen LogP contribution in [-0.2, 0) is 0 Å². The van der Waals surface area contributed by atoms with E-state index in [4.69, 9.17) is 0 Å². The number of para-hydroxylation sites is 3. The third kappa shape index (κ3) is 4.47. The van der Waals surface area contributed by atoms with Gasteiger partial charge in [0.1, 0.15) is 0 Å². The fourth-order valence-corrected chi connectivity index (χ4v) is 8.77. The van der Waals surface area contributed by atoms with Crippen LogP contribution >= 0.6 is 11.3 Å². The molecule has 0 fully saturated rings. The van der Waals surface area contributed by atoms with E-state index in [0.29, 0.717) is 0 Å². The van der Waals surface area contributed by atoms with E-state index in [2.05, 4.69) is 191 Å². The lowest BCUT2D eigenvalue weighted by Gasteiger charge is -2.28. The predicted molar refractivity (Wildman–Crippen MR) is 211 cm³/mol. The van der Waals surface area contributed by atoms with Crippen molar-refractivity contribution in [3.8, 4) is 16.8 Å². The molecule has 3 heteroatoms. The number of aromatic nitrogens is 1. The van der Waals surface area contributed by atoms with E-state index in [1.807, 2.05) is 11.3 Å². The molecule has 0 unspecified atom stereocenters. The van der Waals surface area contributed by atoms with E-state index < -0.39 is 0 Å². The SMILES string of the molecule is c1ccc(-c2ccccc2N(c2ccc3ccc4c5ccccc5sc4c3c2)c2ccc3c4ccccc4n(-c4ccccc4)c3c2)cc1. The molecule has 230 valence electrons. The van der Waals surface area contributed by atoms with Crippen LogP contribution in [0.25, 0.3) is 69.6 Å². The summed E-state index contributed by atoms with van der Waals surface area (Å²) in [5, 5.41) is 7.65. The Hall–Kier alpha value is -6.16. The van der Waals surface area contributed by atoms with Crippen LogP contribution in [0.5, 0.6) is 0 Å². The van der Waals surface area contributed by atoms with Gasteiger partial charge in [0.25, 0.3) is 0 Å². The van der Waals surface area contributed by atoms with E-state index in [9.17, 15) is 0 Å². The second-order valence-electron chi connectivity index (χ2n) is 12.6. The maximum atomic E-state index is 2.44. The molecule has 0 saturated carbocycles. The van der Waals surface area contributed by atoms with Crippen molar-refractivity contribution in [3.63, 3.8) is 0 Å². The average molecular weight is 643 g/mol. The van der Waals surface area contributed by atoms with Crippen molar-refractivity contribution < 1.29 is 0 Å². The highest BCUT2D eigenvalue weighted by atomic mass is 32.1. The van der Waals surface area contributed by atoms with Crippen molar-refractivity contribution in [2.75, 3.05) is 4.90 Å². The number of hydrogen-bond acceptors (Lipinski definition) is 2. The van der Waals surface area contributed by atoms with Gasteiger partial charge in [-0.05, 0) is 65.5 Å². The van der Waals surface area contributed by atoms with Crippen molar-refractivity contribution in [1.29, 1.82) is 0 Å². The molecule has 10 aromatic rings. The Kier molecular flexibility index (Phi) is 6.39. The highest BCUT2D eigenvalue weighted by molar-refractivity contribution is 7.26. The van der Waals surface area contributed by atoms with Crippen LogP contribution in [0, 0.1) is 0 Å². The number of fused-ring (bicyclic) bond motifs is 8. The molecule has 2 aromatic heterocycles. The number of rotatable bonds is 5. The Labute approximate surface area is 288 Å². The summed E-state index contributed by atoms with van der Waals surface area (Å²) < 4.78 is 5.05. The summed E-state index contributed by atoms with van der Waals surface area (Å²) in [4.78, 5) is 2.44. The minimum atomic E-state index is 1.11. The highest BCUT2D eigenvalue weighted by Gasteiger charge is 2.21. The second-order valence-corrected chi connectivity index (χ2v) is 13.6. The molecule has 0 aliphatic rings. The zero-order valence-corrected chi connectivity index (χ0v) is 27.4. The van der Waals surface area contributed by atoms with Gasteiger partial charge in [-0.1, -0.05) is 127 Å². The Morgan fingerprint density at radius 1 is 0.429 bits per heavy atom. The smallest absolute Gasteiger partial charge is 0.0561 e. The van der Waals surface area contributed by atoms with Crippen LogP contribution in [-0.4, -0.2) is 4.57 Å². The van der Waals surface area contributed by atoms with Crippen molar-refractivity contribution in [2.24, 2.45) is 0 Å². The molecule has 0 atom stereocenters. The third-order valence-electron chi connectivity index (χ3n) is 9.76. The molecule has 0 N–H and O–H groups in total. The maximum Gasteiger partial charge on any atom is 0.0561 e. The topological polar surface area (TPSA) is 8.17 Å². The largest absolute Gasteiger partial charge is 0.310 e. The standard InChI is InChI=1S/C46H30N2S/c1-3-13-31(14-4-1)36-17-7-10-20-42(36)47(34-25-23-32-24-27-40-39-19-9-12-22-45(39)49-46(40)41(32)29-34)35-26-28-38-37-18-8-11-21-43(37)48(44(38)30-35)33-15-5-2-6-16-33/h1-30H. The molecule has 0 aliphatic carbocycles. The first-order valence-electron chi connectivity index (χ1n) is 16.7. The molecule has 2 heterocycles. The van der Waals surface area contributed by atoms with Crippen LogP contribution < -0.4 is 4.90 Å². The van der Waals surface area contributed by atoms with Crippen molar-refractivity contribution in [3.05, 3.63) is 182 Å². The molecule has 10 rings (SSSR count). The Morgan fingerprint density at radius 2 is 1.06 bits per heavy atom. The molecule has 0 bridgehead atoms. The zero-order chi connectivity index (χ0) is 32.3. The molecule has 0 radical (unpaired) electrons. The first-order chi connectivity index (χ1) is 24.3. The van der Waals surface area contributed by atoms with Crippen LogP contribution in [0.3, 0.4) is 0 Å². The number of benzene rings is 8. The van der Waals surface area contributed by atoms with Crippen LogP contribution in [0.1, 0.15) is 0 Å². The lowest BCUT2D eigenvalue weighted by molar-refractivity contribution is 1.18. The Bertz CT molecular complexity index is 2830. The van der Waals surface area contributed by atoms with Gasteiger partial charge < -0.3 is 9.47 Å². The molecule has 0 saturated heterocycles. The van der Waals surface area contributed by atoms with Gasteiger partial charge in [0.05, 0.1) is 16.7 Å². The summed E-state index contributed by atoms with van der Waals surface area (Å²) in [5.41, 5.74) is 9.29. The second kappa shape index (κ2) is 11.2. The molecular formula is C46H30N2S. The monoisotopic (exact) mass is 642 g/mol. The summed E-state index contributed by atoms with van der Waals surface area (Å²) in [5.74, 6) is 0. The summed E-state index contributed by atoms with van der Waals surface area (Å²) in [7, 11) is 0. The summed E-state index contributed by atoms with van der Waals surface area (Å²) in [6, 6.07) is 66.2. The quantitative estimate of drug-likeness (QED) is 0.181. The molecule has 0 spiro atoms. The Balaban J connectivity index is 1.27. The van der Waals surface area contributed by atoms with Gasteiger partial charge in [-0.25, -0.2) is 0 Å². The van der Waals surface area contributed by atoms with Crippen molar-refractivity contribution in [2.45, 2.75) is 0 Å². The van der Waals surface area contributed by atoms with E-state index in [-0.39, 0.29) is 0 Å². The number of nitrogens with zero attached hydrogens (tertiary/aromatic N) is 2. The van der Waals surface area contributed by atoms with Gasteiger partial charge >= 0.3 is 0 Å². The van der Waals surface area contributed by atoms with Gasteiger partial charge in [0, 0.05) is 59.0 Å². The predicted octanol–water partition coefficient (Wildman–Crippen LogP) is 13.4. The molecular weight excluding hydrogens is 613 g/mol. The third-order valence-corrected chi connectivity index (χ3v) is 11.0. The van der Waals surface area contributed by atoms with Crippen molar-refractivity contribution in [1.82, 2.24) is 4.57 Å². The van der Waals surface area contributed by atoms with Crippen molar-refractivity contribution >= 4 is 81.1 Å². The number of thiophene rings is 1. The normalized spacial score (nSPS) is 11.7. The van der Waals surface area contributed by atoms with E-state index in [1.165, 1.54) is 63.9 Å². The first kappa shape index (κ1) is 27.9.